The van der Waals surface area contributed by atoms with Crippen LogP contribution < -0.4 is 0 Å². The summed E-state index contributed by atoms with van der Waals surface area (Å²) in [5.41, 5.74) is 1.36. The van der Waals surface area contributed by atoms with Gasteiger partial charge < -0.3 is 4.90 Å². The summed E-state index contributed by atoms with van der Waals surface area (Å²) in [7, 11) is 0. The lowest BCUT2D eigenvalue weighted by atomic mass is 9.94. The zero-order valence-corrected chi connectivity index (χ0v) is 13.9. The van der Waals surface area contributed by atoms with Crippen molar-refractivity contribution in [3.63, 3.8) is 0 Å². The molecule has 0 aliphatic heterocycles. The van der Waals surface area contributed by atoms with Gasteiger partial charge in [-0.05, 0) is 44.7 Å². The van der Waals surface area contributed by atoms with Crippen molar-refractivity contribution in [2.24, 2.45) is 0 Å². The molecule has 2 nitrogen and oxygen atoms in total. The smallest absolute Gasteiger partial charge is 0.264 e. The second kappa shape index (κ2) is 7.26. The number of hydrogen-bond donors (Lipinski definition) is 0. The van der Waals surface area contributed by atoms with Gasteiger partial charge in [-0.25, -0.2) is 0 Å². The Kier molecular flexibility index (Phi) is 5.64. The molecule has 0 unspecified atom stereocenters. The van der Waals surface area contributed by atoms with Gasteiger partial charge in [0.2, 0.25) is 0 Å². The molecule has 112 valence electrons. The van der Waals surface area contributed by atoms with Crippen LogP contribution in [0.25, 0.3) is 0 Å². The van der Waals surface area contributed by atoms with Gasteiger partial charge in [0.25, 0.3) is 5.91 Å². The minimum Gasteiger partial charge on any atom is -0.335 e. The van der Waals surface area contributed by atoms with Crippen molar-refractivity contribution in [3.8, 4) is 0 Å². The van der Waals surface area contributed by atoms with Gasteiger partial charge in [0.1, 0.15) is 0 Å². The zero-order chi connectivity index (χ0) is 14.5. The third-order valence-electron chi connectivity index (χ3n) is 4.37. The fourth-order valence-corrected chi connectivity index (χ4v) is 4.27. The molecule has 1 amide bonds. The Morgan fingerprint density at radius 3 is 2.60 bits per heavy atom. The van der Waals surface area contributed by atoms with Gasteiger partial charge in [0, 0.05) is 17.5 Å². The highest BCUT2D eigenvalue weighted by atomic mass is 32.1. The topological polar surface area (TPSA) is 20.3 Å². The van der Waals surface area contributed by atoms with Crippen LogP contribution in [-0.4, -0.2) is 23.4 Å². The highest BCUT2D eigenvalue weighted by Crippen LogP contribution is 2.28. The standard InChI is InChI=1S/C17H27NOS/c1-4-9-14-12-16(20-13(14)3)17(19)18(5-2)15-10-7-6-8-11-15/h12,15H,4-11H2,1-3H3. The van der Waals surface area contributed by atoms with Crippen molar-refractivity contribution in [1.82, 2.24) is 4.90 Å². The maximum absolute atomic E-state index is 12.8. The summed E-state index contributed by atoms with van der Waals surface area (Å²) in [4.78, 5) is 17.2. The molecule has 1 saturated carbocycles. The molecule has 0 radical (unpaired) electrons. The number of hydrogen-bond acceptors (Lipinski definition) is 2. The maximum Gasteiger partial charge on any atom is 0.264 e. The Labute approximate surface area is 127 Å². The molecule has 1 aromatic rings. The van der Waals surface area contributed by atoms with Crippen LogP contribution in [0.3, 0.4) is 0 Å². The Morgan fingerprint density at radius 1 is 1.30 bits per heavy atom. The average molecular weight is 293 g/mol. The van der Waals surface area contributed by atoms with Crippen LogP contribution in [0.4, 0.5) is 0 Å². The average Bonchev–Trinajstić information content (AvgIpc) is 2.83. The van der Waals surface area contributed by atoms with Gasteiger partial charge in [-0.1, -0.05) is 32.6 Å². The first kappa shape index (κ1) is 15.6. The van der Waals surface area contributed by atoms with E-state index in [0.29, 0.717) is 6.04 Å². The number of aryl methyl sites for hydroxylation is 2. The first-order valence-corrected chi connectivity index (χ1v) is 8.89. The number of nitrogens with zero attached hydrogens (tertiary/aromatic N) is 1. The molecule has 0 N–H and O–H groups in total. The molecule has 0 saturated heterocycles. The van der Waals surface area contributed by atoms with Crippen LogP contribution in [0.2, 0.25) is 0 Å². The van der Waals surface area contributed by atoms with Crippen molar-refractivity contribution >= 4 is 17.2 Å². The second-order valence-corrected chi connectivity index (χ2v) is 7.08. The number of amides is 1. The molecule has 0 aromatic carbocycles. The maximum atomic E-state index is 12.8. The Balaban J connectivity index is 2.13. The number of carbonyl (C=O) groups excluding carboxylic acids is 1. The van der Waals surface area contributed by atoms with E-state index in [-0.39, 0.29) is 5.91 Å². The fourth-order valence-electron chi connectivity index (χ4n) is 3.24. The normalized spacial score (nSPS) is 16.4. The summed E-state index contributed by atoms with van der Waals surface area (Å²) >= 11 is 1.68. The van der Waals surface area contributed by atoms with E-state index in [1.807, 2.05) is 0 Å². The van der Waals surface area contributed by atoms with Gasteiger partial charge in [-0.15, -0.1) is 11.3 Å². The van der Waals surface area contributed by atoms with Gasteiger partial charge >= 0.3 is 0 Å². The lowest BCUT2D eigenvalue weighted by Crippen LogP contribution is -2.41. The Morgan fingerprint density at radius 2 is 2.00 bits per heavy atom. The molecular weight excluding hydrogens is 266 g/mol. The summed E-state index contributed by atoms with van der Waals surface area (Å²) in [6, 6.07) is 2.61. The van der Waals surface area contributed by atoms with E-state index in [2.05, 4.69) is 31.7 Å². The van der Waals surface area contributed by atoms with E-state index >= 15 is 0 Å². The van der Waals surface area contributed by atoms with Crippen LogP contribution in [-0.2, 0) is 6.42 Å². The Bertz CT molecular complexity index is 446. The zero-order valence-electron chi connectivity index (χ0n) is 13.1. The number of rotatable bonds is 5. The van der Waals surface area contributed by atoms with Crippen LogP contribution in [0.1, 0.15) is 72.5 Å². The summed E-state index contributed by atoms with van der Waals surface area (Å²) < 4.78 is 0. The highest BCUT2D eigenvalue weighted by Gasteiger charge is 2.26. The van der Waals surface area contributed by atoms with E-state index < -0.39 is 0 Å². The molecule has 1 aliphatic carbocycles. The van der Waals surface area contributed by atoms with Crippen LogP contribution in [0.15, 0.2) is 6.07 Å². The minimum absolute atomic E-state index is 0.259. The van der Waals surface area contributed by atoms with Gasteiger partial charge in [-0.2, -0.15) is 0 Å². The quantitative estimate of drug-likeness (QED) is 0.763. The second-order valence-electron chi connectivity index (χ2n) is 5.83. The van der Waals surface area contributed by atoms with Crippen molar-refractivity contribution in [2.45, 2.75) is 71.8 Å². The predicted molar refractivity (Wildman–Crippen MR) is 86.6 cm³/mol. The molecule has 0 bridgehead atoms. The van der Waals surface area contributed by atoms with E-state index in [0.717, 1.165) is 24.3 Å². The molecule has 20 heavy (non-hydrogen) atoms. The fraction of sp³-hybridized carbons (Fsp3) is 0.706. The lowest BCUT2D eigenvalue weighted by Gasteiger charge is -2.33. The third-order valence-corrected chi connectivity index (χ3v) is 5.45. The van der Waals surface area contributed by atoms with E-state index in [4.69, 9.17) is 0 Å². The summed E-state index contributed by atoms with van der Waals surface area (Å²) in [6.45, 7) is 7.28. The molecule has 1 heterocycles. The molecule has 2 rings (SSSR count). The minimum atomic E-state index is 0.259. The number of carbonyl (C=O) groups is 1. The summed E-state index contributed by atoms with van der Waals surface area (Å²) in [6.07, 6.45) is 8.49. The third kappa shape index (κ3) is 3.43. The van der Waals surface area contributed by atoms with Crippen molar-refractivity contribution < 1.29 is 4.79 Å². The highest BCUT2D eigenvalue weighted by molar-refractivity contribution is 7.14. The van der Waals surface area contributed by atoms with E-state index in [1.54, 1.807) is 11.3 Å². The SMILES string of the molecule is CCCc1cc(C(=O)N(CC)C2CCCCC2)sc1C. The van der Waals surface area contributed by atoms with Crippen molar-refractivity contribution in [2.75, 3.05) is 6.54 Å². The molecule has 0 atom stereocenters. The lowest BCUT2D eigenvalue weighted by molar-refractivity contribution is 0.0653. The monoisotopic (exact) mass is 293 g/mol. The summed E-state index contributed by atoms with van der Waals surface area (Å²) in [5, 5.41) is 0. The predicted octanol–water partition coefficient (Wildman–Crippen LogP) is 4.80. The molecule has 3 heteroatoms. The Hall–Kier alpha value is -0.830. The molecule has 1 aromatic heterocycles. The first-order chi connectivity index (χ1) is 9.67. The van der Waals surface area contributed by atoms with Crippen LogP contribution in [0, 0.1) is 6.92 Å². The molecular formula is C17H27NOS. The van der Waals surface area contributed by atoms with Crippen molar-refractivity contribution in [1.29, 1.82) is 0 Å². The van der Waals surface area contributed by atoms with Gasteiger partial charge in [0.05, 0.1) is 4.88 Å². The van der Waals surface area contributed by atoms with Crippen molar-refractivity contribution in [3.05, 3.63) is 21.4 Å². The number of thiophene rings is 1. The van der Waals surface area contributed by atoms with Crippen LogP contribution >= 0.6 is 11.3 Å². The van der Waals surface area contributed by atoms with Gasteiger partial charge in [0.15, 0.2) is 0 Å². The first-order valence-electron chi connectivity index (χ1n) is 8.07. The van der Waals surface area contributed by atoms with E-state index in [1.165, 1.54) is 42.5 Å². The van der Waals surface area contributed by atoms with E-state index in [9.17, 15) is 4.79 Å². The molecule has 0 spiro atoms. The largest absolute Gasteiger partial charge is 0.335 e. The molecule has 1 fully saturated rings. The summed E-state index contributed by atoms with van der Waals surface area (Å²) in [5.74, 6) is 0.259. The van der Waals surface area contributed by atoms with Crippen LogP contribution in [0.5, 0.6) is 0 Å². The van der Waals surface area contributed by atoms with Gasteiger partial charge in [-0.3, -0.25) is 4.79 Å². The molecule has 1 aliphatic rings.